The molecule has 0 radical (unpaired) electrons. The van der Waals surface area contributed by atoms with Crippen molar-refractivity contribution in [3.05, 3.63) is 119 Å². The Morgan fingerprint density at radius 3 is 1.94 bits per heavy atom. The molecule has 0 heterocycles. The van der Waals surface area contributed by atoms with Gasteiger partial charge in [-0.15, -0.1) is 0 Å². The second-order valence-corrected chi connectivity index (χ2v) is 7.31. The second kappa shape index (κ2) is 9.76. The summed E-state index contributed by atoms with van der Waals surface area (Å²) >= 11 is 0. The minimum atomic E-state index is -1.05. The molecule has 0 unspecified atom stereocenters. The largest absolute Gasteiger partial charge is 0.422 e. The quantitative estimate of drug-likeness (QED) is 0.200. The number of hydrogen-bond acceptors (Lipinski definition) is 3. The number of rotatable bonds is 5. The number of hydrogen-bond donors (Lipinski definition) is 1. The molecule has 0 aliphatic carbocycles. The number of carbonyl (C=O) groups excluding carboxylic acids is 2. The summed E-state index contributed by atoms with van der Waals surface area (Å²) in [6.07, 6.45) is 0. The third kappa shape index (κ3) is 5.35. The van der Waals surface area contributed by atoms with E-state index in [4.69, 9.17) is 4.74 Å². The summed E-state index contributed by atoms with van der Waals surface area (Å²) in [6.45, 7) is 0. The Labute approximate surface area is 195 Å². The van der Waals surface area contributed by atoms with E-state index in [-0.39, 0.29) is 33.7 Å². The maximum Gasteiger partial charge on any atom is 0.343 e. The van der Waals surface area contributed by atoms with Crippen molar-refractivity contribution in [2.45, 2.75) is 0 Å². The number of ether oxygens (including phenoxy) is 1. The number of esters is 1. The molecule has 4 aromatic carbocycles. The molecule has 0 aliphatic heterocycles. The van der Waals surface area contributed by atoms with Crippen molar-refractivity contribution in [3.8, 4) is 16.9 Å². The highest BCUT2D eigenvalue weighted by Gasteiger charge is 2.20. The van der Waals surface area contributed by atoms with Crippen molar-refractivity contribution in [3.63, 3.8) is 0 Å². The third-order valence-electron chi connectivity index (χ3n) is 4.93. The summed E-state index contributed by atoms with van der Waals surface area (Å²) in [5, 5.41) is 2.24. The first-order valence-corrected chi connectivity index (χ1v) is 10.0. The maximum atomic E-state index is 14.3. The van der Waals surface area contributed by atoms with Gasteiger partial charge in [0.05, 0.1) is 16.8 Å². The second-order valence-electron chi connectivity index (χ2n) is 7.31. The zero-order chi connectivity index (χ0) is 25.1. The van der Waals surface area contributed by atoms with Crippen LogP contribution in [0.2, 0.25) is 0 Å². The lowest BCUT2D eigenvalue weighted by atomic mass is 10.0. The van der Waals surface area contributed by atoms with E-state index in [1.807, 2.05) is 0 Å². The monoisotopic (exact) mass is 483 g/mol. The summed E-state index contributed by atoms with van der Waals surface area (Å²) in [7, 11) is 0. The van der Waals surface area contributed by atoms with Crippen LogP contribution in [0.15, 0.2) is 78.9 Å². The lowest BCUT2D eigenvalue weighted by molar-refractivity contribution is 0.0733. The average Bonchev–Trinajstić information content (AvgIpc) is 2.81. The van der Waals surface area contributed by atoms with Crippen LogP contribution < -0.4 is 10.1 Å². The Kier molecular flexibility index (Phi) is 6.59. The molecule has 0 saturated carbocycles. The van der Waals surface area contributed by atoms with E-state index >= 15 is 0 Å². The molecule has 4 rings (SSSR count). The van der Waals surface area contributed by atoms with Gasteiger partial charge in [-0.05, 0) is 66.2 Å². The molecule has 0 bridgehead atoms. The molecule has 0 aliphatic rings. The summed E-state index contributed by atoms with van der Waals surface area (Å²) in [5.41, 5.74) is -0.592. The summed E-state index contributed by atoms with van der Waals surface area (Å²) in [5.74, 6) is -6.35. The van der Waals surface area contributed by atoms with E-state index in [0.717, 1.165) is 36.4 Å². The Bertz CT molecular complexity index is 1440. The fourth-order valence-corrected chi connectivity index (χ4v) is 3.21. The maximum absolute atomic E-state index is 14.3. The standard InChI is InChI=1S/C26H14F5NO3/c27-16-4-1-14(2-5-16)26(34)35-24-10-3-15(19-8-6-17(28)12-21(19)30)11-20(24)25(33)32-23-9-7-18(29)13-22(23)31/h1-13H,(H,32,33). The first-order chi connectivity index (χ1) is 16.7. The molecule has 0 spiro atoms. The van der Waals surface area contributed by atoms with Gasteiger partial charge in [0.15, 0.2) is 0 Å². The average molecular weight is 483 g/mol. The molecule has 1 amide bonds. The van der Waals surface area contributed by atoms with Crippen molar-refractivity contribution in [2.24, 2.45) is 0 Å². The zero-order valence-corrected chi connectivity index (χ0v) is 17.6. The number of nitrogens with one attached hydrogen (secondary N) is 1. The van der Waals surface area contributed by atoms with Crippen LogP contribution in [0.3, 0.4) is 0 Å². The van der Waals surface area contributed by atoms with Gasteiger partial charge in [-0.1, -0.05) is 6.07 Å². The van der Waals surface area contributed by atoms with Gasteiger partial charge < -0.3 is 10.1 Å². The fraction of sp³-hybridized carbons (Fsp3) is 0. The molecule has 0 aromatic heterocycles. The Morgan fingerprint density at radius 1 is 0.657 bits per heavy atom. The molecule has 0 fully saturated rings. The van der Waals surface area contributed by atoms with E-state index in [0.29, 0.717) is 12.1 Å². The van der Waals surface area contributed by atoms with Crippen LogP contribution in [0.25, 0.3) is 11.1 Å². The zero-order valence-electron chi connectivity index (χ0n) is 17.6. The van der Waals surface area contributed by atoms with Crippen molar-refractivity contribution >= 4 is 17.6 Å². The van der Waals surface area contributed by atoms with Crippen LogP contribution in [-0.4, -0.2) is 11.9 Å². The molecule has 176 valence electrons. The predicted molar refractivity (Wildman–Crippen MR) is 117 cm³/mol. The van der Waals surface area contributed by atoms with Crippen LogP contribution >= 0.6 is 0 Å². The first-order valence-electron chi connectivity index (χ1n) is 10.0. The van der Waals surface area contributed by atoms with Crippen LogP contribution in [-0.2, 0) is 0 Å². The highest BCUT2D eigenvalue weighted by Crippen LogP contribution is 2.30. The van der Waals surface area contributed by atoms with E-state index in [1.165, 1.54) is 30.3 Å². The molecular formula is C26H14F5NO3. The molecule has 4 nitrogen and oxygen atoms in total. The van der Waals surface area contributed by atoms with Gasteiger partial charge >= 0.3 is 5.97 Å². The van der Waals surface area contributed by atoms with Gasteiger partial charge in [0.2, 0.25) is 0 Å². The topological polar surface area (TPSA) is 55.4 Å². The van der Waals surface area contributed by atoms with Gasteiger partial charge in [0.25, 0.3) is 5.91 Å². The predicted octanol–water partition coefficient (Wildman–Crippen LogP) is 6.52. The van der Waals surface area contributed by atoms with E-state index in [2.05, 4.69) is 5.32 Å². The smallest absolute Gasteiger partial charge is 0.343 e. The van der Waals surface area contributed by atoms with Crippen LogP contribution in [0.5, 0.6) is 5.75 Å². The Hall–Kier alpha value is -4.53. The van der Waals surface area contributed by atoms with Gasteiger partial charge in [-0.3, -0.25) is 4.79 Å². The van der Waals surface area contributed by atoms with Crippen LogP contribution in [0.4, 0.5) is 27.6 Å². The third-order valence-corrected chi connectivity index (χ3v) is 4.93. The van der Waals surface area contributed by atoms with Crippen LogP contribution in [0, 0.1) is 29.1 Å². The van der Waals surface area contributed by atoms with E-state index < -0.39 is 41.0 Å². The van der Waals surface area contributed by atoms with Crippen LogP contribution in [0.1, 0.15) is 20.7 Å². The Morgan fingerprint density at radius 2 is 1.29 bits per heavy atom. The summed E-state index contributed by atoms with van der Waals surface area (Å²) in [4.78, 5) is 25.5. The van der Waals surface area contributed by atoms with E-state index in [1.54, 1.807) is 0 Å². The minimum absolute atomic E-state index is 0.0176. The normalized spacial score (nSPS) is 10.7. The van der Waals surface area contributed by atoms with Crippen molar-refractivity contribution in [1.82, 2.24) is 0 Å². The molecule has 0 saturated heterocycles. The highest BCUT2D eigenvalue weighted by atomic mass is 19.1. The molecule has 0 atom stereocenters. The number of benzene rings is 4. The van der Waals surface area contributed by atoms with Crippen molar-refractivity contribution < 1.29 is 36.3 Å². The van der Waals surface area contributed by atoms with E-state index in [9.17, 15) is 31.5 Å². The number of amides is 1. The van der Waals surface area contributed by atoms with Gasteiger partial charge in [0.1, 0.15) is 34.8 Å². The molecule has 4 aromatic rings. The van der Waals surface area contributed by atoms with Gasteiger partial charge in [-0.2, -0.15) is 0 Å². The van der Waals surface area contributed by atoms with Gasteiger partial charge in [-0.25, -0.2) is 26.7 Å². The highest BCUT2D eigenvalue weighted by molar-refractivity contribution is 6.07. The Balaban J connectivity index is 1.73. The molecule has 1 N–H and O–H groups in total. The molecule has 35 heavy (non-hydrogen) atoms. The molecule has 9 heteroatoms. The van der Waals surface area contributed by atoms with Crippen molar-refractivity contribution in [1.29, 1.82) is 0 Å². The summed E-state index contributed by atoms with van der Waals surface area (Å²) < 4.78 is 73.4. The summed E-state index contributed by atoms with van der Waals surface area (Å²) in [6, 6.07) is 13.5. The fourth-order valence-electron chi connectivity index (χ4n) is 3.21. The molecular weight excluding hydrogens is 469 g/mol. The number of halogens is 5. The van der Waals surface area contributed by atoms with Gasteiger partial charge in [0, 0.05) is 17.7 Å². The SMILES string of the molecule is O=C(Oc1ccc(-c2ccc(F)cc2F)cc1C(=O)Nc1ccc(F)cc1F)c1ccc(F)cc1. The lowest BCUT2D eigenvalue weighted by Crippen LogP contribution is -2.17. The van der Waals surface area contributed by atoms with Crippen molar-refractivity contribution in [2.75, 3.05) is 5.32 Å². The number of carbonyl (C=O) groups is 2. The minimum Gasteiger partial charge on any atom is -0.422 e. The first kappa shape index (κ1) is 23.6. The number of anilines is 1. The lowest BCUT2D eigenvalue weighted by Gasteiger charge is -2.13.